The summed E-state index contributed by atoms with van der Waals surface area (Å²) in [5, 5.41) is 5.85. The summed E-state index contributed by atoms with van der Waals surface area (Å²) < 4.78 is 0. The number of rotatable bonds is 9. The molecule has 0 bridgehead atoms. The predicted octanol–water partition coefficient (Wildman–Crippen LogP) is 3.13. The molecule has 2 rings (SSSR count). The zero-order chi connectivity index (χ0) is 13.7. The van der Waals surface area contributed by atoms with E-state index in [1.807, 2.05) is 5.51 Å². The van der Waals surface area contributed by atoms with Crippen molar-refractivity contribution in [2.75, 3.05) is 20.1 Å². The van der Waals surface area contributed by atoms with Crippen LogP contribution in [0.15, 0.2) is 10.9 Å². The van der Waals surface area contributed by atoms with E-state index in [0.717, 1.165) is 25.7 Å². The van der Waals surface area contributed by atoms with E-state index in [2.05, 4.69) is 41.5 Å². The molecule has 0 spiro atoms. The van der Waals surface area contributed by atoms with Crippen molar-refractivity contribution >= 4 is 11.3 Å². The van der Waals surface area contributed by atoms with Crippen LogP contribution in [-0.4, -0.2) is 36.1 Å². The van der Waals surface area contributed by atoms with Crippen LogP contribution < -0.4 is 5.32 Å². The molecule has 1 aromatic rings. The Morgan fingerprint density at radius 3 is 2.89 bits per heavy atom. The van der Waals surface area contributed by atoms with Gasteiger partial charge < -0.3 is 5.32 Å². The van der Waals surface area contributed by atoms with Gasteiger partial charge in [-0.1, -0.05) is 20.3 Å². The maximum absolute atomic E-state index is 4.38. The van der Waals surface area contributed by atoms with Gasteiger partial charge in [0.2, 0.25) is 0 Å². The topological polar surface area (TPSA) is 28.2 Å². The Morgan fingerprint density at radius 1 is 1.53 bits per heavy atom. The minimum absolute atomic E-state index is 0.377. The third-order valence-electron chi connectivity index (χ3n) is 3.82. The molecule has 108 valence electrons. The van der Waals surface area contributed by atoms with E-state index < -0.39 is 0 Å². The van der Waals surface area contributed by atoms with Crippen LogP contribution in [-0.2, 0) is 6.54 Å². The van der Waals surface area contributed by atoms with Crippen LogP contribution in [0.1, 0.15) is 45.2 Å². The molecule has 4 heteroatoms. The van der Waals surface area contributed by atoms with E-state index in [0.29, 0.717) is 5.41 Å². The molecule has 0 aliphatic heterocycles. The van der Waals surface area contributed by atoms with Gasteiger partial charge in [-0.3, -0.25) is 4.90 Å². The fourth-order valence-electron chi connectivity index (χ4n) is 2.80. The second kappa shape index (κ2) is 6.82. The molecule has 1 fully saturated rings. The number of thiazole rings is 1. The van der Waals surface area contributed by atoms with Crippen molar-refractivity contribution in [3.05, 3.63) is 16.6 Å². The van der Waals surface area contributed by atoms with Crippen LogP contribution >= 0.6 is 11.3 Å². The molecule has 1 aromatic heterocycles. The van der Waals surface area contributed by atoms with Crippen LogP contribution in [0.25, 0.3) is 0 Å². The normalized spacial score (nSPS) is 18.7. The molecule has 1 heterocycles. The molecule has 19 heavy (non-hydrogen) atoms. The number of hydrogen-bond acceptors (Lipinski definition) is 4. The Morgan fingerprint density at radius 2 is 2.32 bits per heavy atom. The van der Waals surface area contributed by atoms with E-state index in [1.54, 1.807) is 11.3 Å². The first-order valence-corrected chi connectivity index (χ1v) is 8.34. The first kappa shape index (κ1) is 14.9. The minimum Gasteiger partial charge on any atom is -0.313 e. The monoisotopic (exact) mass is 281 g/mol. The largest absolute Gasteiger partial charge is 0.313 e. The van der Waals surface area contributed by atoms with Crippen LogP contribution in [0.5, 0.6) is 0 Å². The lowest BCUT2D eigenvalue weighted by molar-refractivity contribution is 0.167. The quantitative estimate of drug-likeness (QED) is 0.754. The lowest BCUT2D eigenvalue weighted by atomic mass is 9.84. The summed E-state index contributed by atoms with van der Waals surface area (Å²) in [4.78, 5) is 6.79. The first-order valence-electron chi connectivity index (χ1n) is 7.40. The second-order valence-corrected chi connectivity index (χ2v) is 7.09. The molecule has 0 radical (unpaired) electrons. The molecule has 1 unspecified atom stereocenters. The third kappa shape index (κ3) is 5.21. The average Bonchev–Trinajstić information content (AvgIpc) is 3.05. The lowest BCUT2D eigenvalue weighted by Crippen LogP contribution is -2.41. The lowest BCUT2D eigenvalue weighted by Gasteiger charge is -2.34. The highest BCUT2D eigenvalue weighted by Gasteiger charge is 2.29. The predicted molar refractivity (Wildman–Crippen MR) is 82.5 cm³/mol. The molecular formula is C15H27N3S. The Labute approximate surface area is 121 Å². The Kier molecular flexibility index (Phi) is 5.37. The number of nitrogens with zero attached hydrogens (tertiary/aromatic N) is 2. The van der Waals surface area contributed by atoms with Crippen molar-refractivity contribution in [3.8, 4) is 0 Å². The summed E-state index contributed by atoms with van der Waals surface area (Å²) in [6.45, 7) is 7.95. The summed E-state index contributed by atoms with van der Waals surface area (Å²) in [7, 11) is 2.21. The van der Waals surface area contributed by atoms with Crippen molar-refractivity contribution in [1.29, 1.82) is 0 Å². The van der Waals surface area contributed by atoms with Gasteiger partial charge in [0.1, 0.15) is 0 Å². The summed E-state index contributed by atoms with van der Waals surface area (Å²) in [6, 6.07) is 0.806. The van der Waals surface area contributed by atoms with Gasteiger partial charge in [0.25, 0.3) is 0 Å². The SMILES string of the molecule is CCCC(C)(CNC1CC1)CN(C)Cc1cscn1. The molecular weight excluding hydrogens is 254 g/mol. The van der Waals surface area contributed by atoms with Gasteiger partial charge in [-0.05, 0) is 31.7 Å². The fourth-order valence-corrected chi connectivity index (χ4v) is 3.35. The standard InChI is InChI=1S/C15H27N3S/c1-4-7-15(2,10-16-13-5-6-13)11-18(3)8-14-9-19-12-17-14/h9,12-13,16H,4-8,10-11H2,1-3H3. The molecule has 1 aliphatic carbocycles. The highest BCUT2D eigenvalue weighted by molar-refractivity contribution is 7.07. The van der Waals surface area contributed by atoms with Crippen molar-refractivity contribution < 1.29 is 0 Å². The van der Waals surface area contributed by atoms with E-state index in [1.165, 1.54) is 31.4 Å². The number of hydrogen-bond donors (Lipinski definition) is 1. The van der Waals surface area contributed by atoms with E-state index in [9.17, 15) is 0 Å². The average molecular weight is 281 g/mol. The summed E-state index contributed by atoms with van der Waals surface area (Å²) in [5.74, 6) is 0. The van der Waals surface area contributed by atoms with Gasteiger partial charge in [-0.25, -0.2) is 4.98 Å². The fraction of sp³-hybridized carbons (Fsp3) is 0.800. The highest BCUT2D eigenvalue weighted by atomic mass is 32.1. The van der Waals surface area contributed by atoms with Gasteiger partial charge >= 0.3 is 0 Å². The van der Waals surface area contributed by atoms with Gasteiger partial charge in [-0.15, -0.1) is 11.3 Å². The van der Waals surface area contributed by atoms with Gasteiger partial charge in [0, 0.05) is 31.1 Å². The maximum Gasteiger partial charge on any atom is 0.0795 e. The zero-order valence-electron chi connectivity index (χ0n) is 12.5. The Bertz CT molecular complexity index is 361. The van der Waals surface area contributed by atoms with Gasteiger partial charge in [0.15, 0.2) is 0 Å². The second-order valence-electron chi connectivity index (χ2n) is 6.37. The summed E-state index contributed by atoms with van der Waals surface area (Å²) >= 11 is 1.68. The zero-order valence-corrected chi connectivity index (χ0v) is 13.3. The van der Waals surface area contributed by atoms with Crippen molar-refractivity contribution in [1.82, 2.24) is 15.2 Å². The maximum atomic E-state index is 4.38. The Balaban J connectivity index is 1.82. The van der Waals surface area contributed by atoms with Crippen molar-refractivity contribution in [2.24, 2.45) is 5.41 Å². The van der Waals surface area contributed by atoms with Crippen LogP contribution in [0.3, 0.4) is 0 Å². The highest BCUT2D eigenvalue weighted by Crippen LogP contribution is 2.27. The third-order valence-corrected chi connectivity index (χ3v) is 4.45. The summed E-state index contributed by atoms with van der Waals surface area (Å²) in [6.07, 6.45) is 5.29. The molecule has 1 saturated carbocycles. The van der Waals surface area contributed by atoms with Crippen LogP contribution in [0.4, 0.5) is 0 Å². The van der Waals surface area contributed by atoms with Gasteiger partial charge in [0.05, 0.1) is 11.2 Å². The minimum atomic E-state index is 0.377. The van der Waals surface area contributed by atoms with E-state index in [4.69, 9.17) is 0 Å². The Hall–Kier alpha value is -0.450. The molecule has 0 saturated heterocycles. The number of aromatic nitrogens is 1. The smallest absolute Gasteiger partial charge is 0.0795 e. The number of nitrogens with one attached hydrogen (secondary N) is 1. The molecule has 0 amide bonds. The van der Waals surface area contributed by atoms with E-state index in [-0.39, 0.29) is 0 Å². The van der Waals surface area contributed by atoms with Crippen LogP contribution in [0, 0.1) is 5.41 Å². The molecule has 1 N–H and O–H groups in total. The van der Waals surface area contributed by atoms with Gasteiger partial charge in [-0.2, -0.15) is 0 Å². The molecule has 0 aromatic carbocycles. The molecule has 3 nitrogen and oxygen atoms in total. The van der Waals surface area contributed by atoms with Crippen molar-refractivity contribution in [3.63, 3.8) is 0 Å². The molecule has 1 atom stereocenters. The first-order chi connectivity index (χ1) is 9.11. The van der Waals surface area contributed by atoms with E-state index >= 15 is 0 Å². The molecule has 1 aliphatic rings. The van der Waals surface area contributed by atoms with Crippen molar-refractivity contribution in [2.45, 2.75) is 52.1 Å². The van der Waals surface area contributed by atoms with Crippen LogP contribution in [0.2, 0.25) is 0 Å². The summed E-state index contributed by atoms with van der Waals surface area (Å²) in [5.41, 5.74) is 3.49.